The van der Waals surface area contributed by atoms with Gasteiger partial charge in [0.2, 0.25) is 11.8 Å². The number of halogens is 2. The van der Waals surface area contributed by atoms with Crippen molar-refractivity contribution in [2.24, 2.45) is 11.8 Å². The number of piperidine rings is 1. The number of fused-ring (bicyclic) bond motifs is 1. The quantitative estimate of drug-likeness (QED) is 0.546. The fourth-order valence-electron chi connectivity index (χ4n) is 4.69. The minimum Gasteiger partial charge on any atom is -0.374 e. The van der Waals surface area contributed by atoms with Crippen LogP contribution in [0, 0.1) is 18.8 Å². The van der Waals surface area contributed by atoms with Crippen molar-refractivity contribution in [2.75, 3.05) is 4.90 Å². The van der Waals surface area contributed by atoms with E-state index in [0.717, 1.165) is 14.9 Å². The maximum atomic E-state index is 13.4. The summed E-state index contributed by atoms with van der Waals surface area (Å²) in [5.41, 5.74) is -1.43. The van der Waals surface area contributed by atoms with Gasteiger partial charge in [0.15, 0.2) is 5.60 Å². The Bertz CT molecular complexity index is 1360. The van der Waals surface area contributed by atoms with E-state index in [4.69, 9.17) is 0 Å². The van der Waals surface area contributed by atoms with Crippen LogP contribution in [0.15, 0.2) is 68.5 Å². The van der Waals surface area contributed by atoms with E-state index in [2.05, 4.69) is 31.9 Å². The summed E-state index contributed by atoms with van der Waals surface area (Å²) in [7, 11) is -4.42. The summed E-state index contributed by atoms with van der Waals surface area (Å²) in [6.45, 7) is 1.79. The van der Waals surface area contributed by atoms with Crippen LogP contribution in [0.2, 0.25) is 0 Å². The van der Waals surface area contributed by atoms with Gasteiger partial charge in [-0.1, -0.05) is 49.6 Å². The van der Waals surface area contributed by atoms with Crippen molar-refractivity contribution in [3.05, 3.63) is 69.1 Å². The normalized spacial score (nSPS) is 28.9. The number of aryl methyl sites for hydroxylation is 1. The first-order chi connectivity index (χ1) is 15.5. The number of amides is 3. The first kappa shape index (κ1) is 22.5. The van der Waals surface area contributed by atoms with E-state index in [1.807, 2.05) is 0 Å². The number of nitrogens with zero attached hydrogens (tertiary/aromatic N) is 2. The number of carbonyl (C=O) groups excluding carboxylic acids is 3. The van der Waals surface area contributed by atoms with Crippen molar-refractivity contribution in [3.63, 3.8) is 0 Å². The molecule has 8 nitrogen and oxygen atoms in total. The summed E-state index contributed by atoms with van der Waals surface area (Å²) < 4.78 is 28.1. The highest BCUT2D eigenvalue weighted by atomic mass is 79.9. The molecule has 0 radical (unpaired) electrons. The number of imide groups is 1. The zero-order valence-corrected chi connectivity index (χ0v) is 21.0. The summed E-state index contributed by atoms with van der Waals surface area (Å²) >= 11 is 6.45. The standard InChI is InChI=1S/C22H16Br2N2O6S/c1-11-2-8-14(9-3-11)33(31,32)26-15-10-16(24)22(30,21(26)29)18-17(15)19(27)25(20(18)28)13-6-4-12(23)5-7-13/h2-10,15,17-18,30H,1H3/t15-,17+,18-,22-/m1/s1. The van der Waals surface area contributed by atoms with Crippen LogP contribution in [-0.2, 0) is 24.4 Å². The lowest BCUT2D eigenvalue weighted by Crippen LogP contribution is -2.70. The minimum absolute atomic E-state index is 0.0274. The molecule has 0 aromatic heterocycles. The topological polar surface area (TPSA) is 112 Å². The van der Waals surface area contributed by atoms with Gasteiger partial charge in [-0.2, -0.15) is 0 Å². The third-order valence-electron chi connectivity index (χ3n) is 6.31. The smallest absolute Gasteiger partial charge is 0.274 e. The van der Waals surface area contributed by atoms with E-state index < -0.39 is 51.2 Å². The number of hydrogen-bond donors (Lipinski definition) is 1. The van der Waals surface area contributed by atoms with Gasteiger partial charge in [-0.15, -0.1) is 0 Å². The predicted molar refractivity (Wildman–Crippen MR) is 125 cm³/mol. The highest BCUT2D eigenvalue weighted by Crippen LogP contribution is 2.54. The lowest BCUT2D eigenvalue weighted by molar-refractivity contribution is -0.165. The van der Waals surface area contributed by atoms with E-state index in [-0.39, 0.29) is 15.1 Å². The molecule has 2 fully saturated rings. The number of carbonyl (C=O) groups is 3. The first-order valence-electron chi connectivity index (χ1n) is 9.88. The Kier molecular flexibility index (Phi) is 4.99. The molecule has 3 heterocycles. The molecule has 6 rings (SSSR count). The van der Waals surface area contributed by atoms with Crippen LogP contribution in [0.25, 0.3) is 0 Å². The SMILES string of the molecule is Cc1ccc(S(=O)(=O)N2C(=O)[C@@]3(O)C(Br)=C[C@@H]2[C@@H]2C(=O)N(c4ccc(Br)cc4)C(=O)[C@@H]23)cc1. The molecule has 2 aromatic carbocycles. The molecule has 4 atom stereocenters. The summed E-state index contributed by atoms with van der Waals surface area (Å²) in [6.07, 6.45) is 1.32. The molecule has 170 valence electrons. The molecule has 1 aliphatic carbocycles. The van der Waals surface area contributed by atoms with Gasteiger partial charge in [0.1, 0.15) is 0 Å². The number of sulfonamides is 1. The average Bonchev–Trinajstić information content (AvgIpc) is 3.03. The van der Waals surface area contributed by atoms with Crippen molar-refractivity contribution < 1.29 is 27.9 Å². The molecule has 2 aromatic rings. The Morgan fingerprint density at radius 1 is 0.939 bits per heavy atom. The molecule has 0 spiro atoms. The number of benzene rings is 2. The Morgan fingerprint density at radius 3 is 2.15 bits per heavy atom. The van der Waals surface area contributed by atoms with Crippen LogP contribution >= 0.6 is 31.9 Å². The average molecular weight is 596 g/mol. The van der Waals surface area contributed by atoms with Crippen molar-refractivity contribution in [1.29, 1.82) is 0 Å². The van der Waals surface area contributed by atoms with Gasteiger partial charge in [0, 0.05) is 8.96 Å². The molecule has 3 aliphatic heterocycles. The highest BCUT2D eigenvalue weighted by molar-refractivity contribution is 9.11. The Morgan fingerprint density at radius 2 is 1.55 bits per heavy atom. The summed E-state index contributed by atoms with van der Waals surface area (Å²) in [4.78, 5) is 41.0. The number of rotatable bonds is 3. The molecule has 0 saturated carbocycles. The van der Waals surface area contributed by atoms with Gasteiger partial charge in [-0.05, 0) is 49.4 Å². The van der Waals surface area contributed by atoms with Crippen molar-refractivity contribution in [1.82, 2.24) is 4.31 Å². The number of anilines is 1. The molecule has 4 aliphatic rings. The largest absolute Gasteiger partial charge is 0.374 e. The minimum atomic E-state index is -4.42. The lowest BCUT2D eigenvalue weighted by atomic mass is 9.68. The zero-order chi connectivity index (χ0) is 23.9. The predicted octanol–water partition coefficient (Wildman–Crippen LogP) is 2.49. The summed E-state index contributed by atoms with van der Waals surface area (Å²) in [6, 6.07) is 11.0. The fraction of sp³-hybridized carbons (Fsp3) is 0.227. The number of aliphatic hydroxyl groups is 1. The molecule has 2 bridgehead atoms. The van der Waals surface area contributed by atoms with Gasteiger partial charge in [-0.3, -0.25) is 14.4 Å². The second-order valence-electron chi connectivity index (χ2n) is 8.18. The molecule has 33 heavy (non-hydrogen) atoms. The van der Waals surface area contributed by atoms with E-state index in [0.29, 0.717) is 4.31 Å². The molecule has 1 N–H and O–H groups in total. The van der Waals surface area contributed by atoms with Gasteiger partial charge < -0.3 is 5.11 Å². The highest BCUT2D eigenvalue weighted by Gasteiger charge is 2.72. The van der Waals surface area contributed by atoms with Crippen molar-refractivity contribution >= 4 is 65.3 Å². The maximum Gasteiger partial charge on any atom is 0.274 e. The van der Waals surface area contributed by atoms with Gasteiger partial charge in [0.05, 0.1) is 28.5 Å². The van der Waals surface area contributed by atoms with E-state index in [9.17, 15) is 27.9 Å². The summed E-state index contributed by atoms with van der Waals surface area (Å²) in [5.74, 6) is -5.31. The second kappa shape index (κ2) is 7.33. The molecule has 0 unspecified atom stereocenters. The lowest BCUT2D eigenvalue weighted by Gasteiger charge is -2.50. The summed E-state index contributed by atoms with van der Waals surface area (Å²) in [5, 5.41) is 11.5. The van der Waals surface area contributed by atoms with Gasteiger partial charge >= 0.3 is 0 Å². The maximum absolute atomic E-state index is 13.4. The molecule has 2 saturated heterocycles. The van der Waals surface area contributed by atoms with E-state index >= 15 is 0 Å². The number of hydrogen-bond acceptors (Lipinski definition) is 6. The van der Waals surface area contributed by atoms with Crippen LogP contribution < -0.4 is 4.90 Å². The second-order valence-corrected chi connectivity index (χ2v) is 11.8. The Balaban J connectivity index is 1.65. The molecule has 11 heteroatoms. The van der Waals surface area contributed by atoms with Crippen LogP contribution in [0.5, 0.6) is 0 Å². The molecular formula is C22H16Br2N2O6S. The molecule has 3 amide bonds. The van der Waals surface area contributed by atoms with Crippen LogP contribution in [0.4, 0.5) is 5.69 Å². The fourth-order valence-corrected chi connectivity index (χ4v) is 7.22. The van der Waals surface area contributed by atoms with Crippen LogP contribution in [-0.4, -0.2) is 47.2 Å². The third kappa shape index (κ3) is 2.95. The van der Waals surface area contributed by atoms with Crippen molar-refractivity contribution in [2.45, 2.75) is 23.5 Å². The monoisotopic (exact) mass is 594 g/mol. The third-order valence-corrected chi connectivity index (χ3v) is 9.50. The Labute approximate surface area is 206 Å². The molecular weight excluding hydrogens is 580 g/mol. The zero-order valence-electron chi connectivity index (χ0n) is 17.0. The van der Waals surface area contributed by atoms with E-state index in [1.165, 1.54) is 18.2 Å². The van der Waals surface area contributed by atoms with Crippen molar-refractivity contribution in [3.8, 4) is 0 Å². The van der Waals surface area contributed by atoms with Crippen LogP contribution in [0.3, 0.4) is 0 Å². The van der Waals surface area contributed by atoms with E-state index in [1.54, 1.807) is 43.3 Å². The van der Waals surface area contributed by atoms with Gasteiger partial charge in [0.25, 0.3) is 15.9 Å². The van der Waals surface area contributed by atoms with Crippen LogP contribution in [0.1, 0.15) is 5.56 Å². The Hall–Kier alpha value is -2.34. The first-order valence-corrected chi connectivity index (χ1v) is 12.9. The van der Waals surface area contributed by atoms with Gasteiger partial charge in [-0.25, -0.2) is 17.6 Å².